The van der Waals surface area contributed by atoms with Crippen molar-refractivity contribution in [2.45, 2.75) is 67.4 Å². The van der Waals surface area contributed by atoms with Crippen LogP contribution in [0.1, 0.15) is 45.4 Å². The van der Waals surface area contributed by atoms with Crippen LogP contribution in [0.2, 0.25) is 0 Å². The number of nitrogens with zero attached hydrogens (tertiary/aromatic N) is 1. The average Bonchev–Trinajstić information content (AvgIpc) is 3.39. The molecule has 37 heavy (non-hydrogen) atoms. The zero-order chi connectivity index (χ0) is 26.5. The topological polar surface area (TPSA) is 122 Å². The first-order chi connectivity index (χ1) is 17.6. The zero-order valence-electron chi connectivity index (χ0n) is 21.0. The molecule has 0 radical (unpaired) electrons. The standard InChI is InChI=1S/C26H35N3O6S2/c1-20-8-5-6-12-25(20)28-36(31,32)23-13-15-24(16-14-23)37(33,34)29(18-22-11-7-17-35-22)19-26(30)27-21-9-3-2-4-10-21/h2-4,9-10,13-16,20,22,25,28H,5-8,11-12,17-19H2,1H3,(H,27,30)/t20-,22-,25+/m1/s1. The van der Waals surface area contributed by atoms with Gasteiger partial charge in [0.25, 0.3) is 0 Å². The lowest BCUT2D eigenvalue weighted by molar-refractivity contribution is -0.116. The Labute approximate surface area is 219 Å². The van der Waals surface area contributed by atoms with Crippen molar-refractivity contribution in [3.63, 3.8) is 0 Å². The molecule has 1 amide bonds. The van der Waals surface area contributed by atoms with E-state index >= 15 is 0 Å². The first-order valence-electron chi connectivity index (χ1n) is 12.7. The quantitative estimate of drug-likeness (QED) is 0.469. The van der Waals surface area contributed by atoms with Gasteiger partial charge in [-0.05, 0) is 68.0 Å². The number of hydrogen-bond acceptors (Lipinski definition) is 6. The van der Waals surface area contributed by atoms with Crippen molar-refractivity contribution in [2.24, 2.45) is 5.92 Å². The van der Waals surface area contributed by atoms with Crippen molar-refractivity contribution in [3.8, 4) is 0 Å². The van der Waals surface area contributed by atoms with Crippen molar-refractivity contribution in [3.05, 3.63) is 54.6 Å². The average molecular weight is 550 g/mol. The third-order valence-corrected chi connectivity index (χ3v) is 10.3. The Morgan fingerprint density at radius 2 is 1.59 bits per heavy atom. The highest BCUT2D eigenvalue weighted by atomic mass is 32.2. The minimum Gasteiger partial charge on any atom is -0.377 e. The second-order valence-corrected chi connectivity index (χ2v) is 13.5. The Kier molecular flexibility index (Phi) is 9.02. The van der Waals surface area contributed by atoms with Crippen LogP contribution in [0, 0.1) is 5.92 Å². The molecule has 9 nitrogen and oxygen atoms in total. The van der Waals surface area contributed by atoms with E-state index in [2.05, 4.69) is 10.0 Å². The van der Waals surface area contributed by atoms with Gasteiger partial charge in [0.05, 0.1) is 22.4 Å². The van der Waals surface area contributed by atoms with Gasteiger partial charge in [-0.25, -0.2) is 21.6 Å². The van der Waals surface area contributed by atoms with E-state index < -0.39 is 32.5 Å². The number of ether oxygens (including phenoxy) is 1. The Hall–Kier alpha value is -2.31. The number of sulfonamides is 2. The summed E-state index contributed by atoms with van der Waals surface area (Å²) in [6.07, 6.45) is 5.06. The third kappa shape index (κ3) is 7.17. The molecule has 4 rings (SSSR count). The number of para-hydroxylation sites is 1. The molecule has 1 aliphatic heterocycles. The van der Waals surface area contributed by atoms with Gasteiger partial charge in [0.15, 0.2) is 0 Å². The van der Waals surface area contributed by atoms with Crippen LogP contribution in [-0.4, -0.2) is 58.9 Å². The maximum Gasteiger partial charge on any atom is 0.243 e. The molecule has 0 unspecified atom stereocenters. The summed E-state index contributed by atoms with van der Waals surface area (Å²) in [6, 6.07) is 13.8. The predicted molar refractivity (Wildman–Crippen MR) is 141 cm³/mol. The molecule has 1 heterocycles. The molecule has 1 saturated heterocycles. The largest absolute Gasteiger partial charge is 0.377 e. The molecule has 2 N–H and O–H groups in total. The molecule has 2 aliphatic rings. The van der Waals surface area contributed by atoms with Crippen molar-refractivity contribution in [1.29, 1.82) is 0 Å². The van der Waals surface area contributed by atoms with Crippen LogP contribution in [0.15, 0.2) is 64.4 Å². The fourth-order valence-corrected chi connectivity index (χ4v) is 7.65. The number of carbonyl (C=O) groups is 1. The zero-order valence-corrected chi connectivity index (χ0v) is 22.6. The van der Waals surface area contributed by atoms with E-state index in [1.807, 2.05) is 13.0 Å². The third-order valence-electron chi connectivity index (χ3n) is 7.00. The van der Waals surface area contributed by atoms with Crippen LogP contribution >= 0.6 is 0 Å². The maximum atomic E-state index is 13.6. The molecule has 0 spiro atoms. The lowest BCUT2D eigenvalue weighted by Crippen LogP contribution is -2.42. The monoisotopic (exact) mass is 549 g/mol. The van der Waals surface area contributed by atoms with E-state index in [1.54, 1.807) is 24.3 Å². The van der Waals surface area contributed by atoms with E-state index in [0.29, 0.717) is 18.7 Å². The minimum atomic E-state index is -4.10. The summed E-state index contributed by atoms with van der Waals surface area (Å²) in [5.41, 5.74) is 0.566. The normalized spacial score (nSPS) is 22.7. The molecule has 2 aromatic carbocycles. The number of anilines is 1. The van der Waals surface area contributed by atoms with Crippen LogP contribution < -0.4 is 10.0 Å². The molecule has 2 aromatic rings. The predicted octanol–water partition coefficient (Wildman–Crippen LogP) is 3.35. The molecule has 3 atom stereocenters. The first kappa shape index (κ1) is 27.7. The molecular formula is C26H35N3O6S2. The van der Waals surface area contributed by atoms with Crippen molar-refractivity contribution >= 4 is 31.6 Å². The Balaban J connectivity index is 1.51. The van der Waals surface area contributed by atoms with Gasteiger partial charge >= 0.3 is 0 Å². The second-order valence-electron chi connectivity index (χ2n) is 9.81. The summed E-state index contributed by atoms with van der Waals surface area (Å²) in [6.45, 7) is 2.23. The summed E-state index contributed by atoms with van der Waals surface area (Å²) in [4.78, 5) is 12.7. The number of rotatable bonds is 10. The van der Waals surface area contributed by atoms with Gasteiger partial charge < -0.3 is 10.1 Å². The Morgan fingerprint density at radius 1 is 0.919 bits per heavy atom. The molecule has 1 aliphatic carbocycles. The number of benzene rings is 2. The summed E-state index contributed by atoms with van der Waals surface area (Å²) >= 11 is 0. The summed E-state index contributed by atoms with van der Waals surface area (Å²) in [5.74, 6) is -0.227. The minimum absolute atomic E-state index is 0.0109. The molecule has 2 fully saturated rings. The molecule has 202 valence electrons. The maximum absolute atomic E-state index is 13.6. The van der Waals surface area contributed by atoms with Crippen molar-refractivity contribution in [1.82, 2.24) is 9.03 Å². The van der Waals surface area contributed by atoms with Crippen LogP contribution in [0.3, 0.4) is 0 Å². The molecule has 0 bridgehead atoms. The van der Waals surface area contributed by atoms with Gasteiger partial charge in [-0.1, -0.05) is 38.0 Å². The molecule has 0 aromatic heterocycles. The van der Waals surface area contributed by atoms with Gasteiger partial charge in [-0.3, -0.25) is 4.79 Å². The second kappa shape index (κ2) is 12.0. The van der Waals surface area contributed by atoms with Crippen LogP contribution in [0.4, 0.5) is 5.69 Å². The number of nitrogens with one attached hydrogen (secondary N) is 2. The van der Waals surface area contributed by atoms with Gasteiger partial charge in [-0.15, -0.1) is 0 Å². The smallest absolute Gasteiger partial charge is 0.243 e. The van der Waals surface area contributed by atoms with E-state index in [-0.39, 0.29) is 34.4 Å². The summed E-state index contributed by atoms with van der Waals surface area (Å²) < 4.78 is 62.5. The van der Waals surface area contributed by atoms with E-state index in [0.717, 1.165) is 36.4 Å². The fourth-order valence-electron chi connectivity index (χ4n) is 4.84. The van der Waals surface area contributed by atoms with E-state index in [9.17, 15) is 21.6 Å². The fraction of sp³-hybridized carbons (Fsp3) is 0.500. The molecular weight excluding hydrogens is 514 g/mol. The highest BCUT2D eigenvalue weighted by Gasteiger charge is 2.32. The molecule has 11 heteroatoms. The number of hydrogen-bond donors (Lipinski definition) is 2. The van der Waals surface area contributed by atoms with Crippen LogP contribution in [0.25, 0.3) is 0 Å². The highest BCUT2D eigenvalue weighted by Crippen LogP contribution is 2.26. The van der Waals surface area contributed by atoms with Gasteiger partial charge in [0.1, 0.15) is 0 Å². The van der Waals surface area contributed by atoms with Crippen molar-refractivity contribution in [2.75, 3.05) is 25.0 Å². The number of amides is 1. The SMILES string of the molecule is C[C@@H]1CCCC[C@@H]1NS(=O)(=O)c1ccc(S(=O)(=O)N(CC(=O)Nc2ccccc2)C[C@H]2CCCO2)cc1. The van der Waals surface area contributed by atoms with Gasteiger partial charge in [0.2, 0.25) is 26.0 Å². The highest BCUT2D eigenvalue weighted by molar-refractivity contribution is 7.89. The Morgan fingerprint density at radius 3 is 2.24 bits per heavy atom. The first-order valence-corrected chi connectivity index (χ1v) is 15.7. The Bertz CT molecular complexity index is 1260. The van der Waals surface area contributed by atoms with E-state index in [4.69, 9.17) is 4.74 Å². The summed E-state index contributed by atoms with van der Waals surface area (Å²) in [5, 5.41) is 2.72. The van der Waals surface area contributed by atoms with Crippen molar-refractivity contribution < 1.29 is 26.4 Å². The molecule has 1 saturated carbocycles. The van der Waals surface area contributed by atoms with Crippen LogP contribution in [0.5, 0.6) is 0 Å². The van der Waals surface area contributed by atoms with Gasteiger partial charge in [0, 0.05) is 24.9 Å². The van der Waals surface area contributed by atoms with E-state index in [1.165, 1.54) is 24.3 Å². The van der Waals surface area contributed by atoms with Crippen LogP contribution in [-0.2, 0) is 29.6 Å². The summed E-state index contributed by atoms with van der Waals surface area (Å²) in [7, 11) is -7.89. The lowest BCUT2D eigenvalue weighted by atomic mass is 9.87. The van der Waals surface area contributed by atoms with Gasteiger partial charge in [-0.2, -0.15) is 4.31 Å². The lowest BCUT2D eigenvalue weighted by Gasteiger charge is -2.29. The number of carbonyl (C=O) groups excluding carboxylic acids is 1.